The van der Waals surface area contributed by atoms with Gasteiger partial charge in [-0.2, -0.15) is 0 Å². The first-order valence-corrected chi connectivity index (χ1v) is 7.43. The molecule has 0 aliphatic heterocycles. The van der Waals surface area contributed by atoms with Crippen LogP contribution in [0.25, 0.3) is 10.8 Å². The third kappa shape index (κ3) is 3.17. The molecule has 0 atom stereocenters. The first-order chi connectivity index (χ1) is 10.8. The predicted molar refractivity (Wildman–Crippen MR) is 81.9 cm³/mol. The fraction of sp³-hybridized carbons (Fsp3) is 0.125. The van der Waals surface area contributed by atoms with E-state index in [-0.39, 0.29) is 6.61 Å². The number of esters is 1. The van der Waals surface area contributed by atoms with Gasteiger partial charge in [0.05, 0.1) is 17.6 Å². The molecule has 0 spiro atoms. The maximum absolute atomic E-state index is 11.9. The van der Waals surface area contributed by atoms with Crippen molar-refractivity contribution in [1.82, 2.24) is 4.98 Å². The minimum absolute atomic E-state index is 0.0692. The van der Waals surface area contributed by atoms with Crippen molar-refractivity contribution in [3.05, 3.63) is 59.3 Å². The third-order valence-electron chi connectivity index (χ3n) is 2.96. The fourth-order valence-corrected chi connectivity index (χ4v) is 2.49. The van der Waals surface area contributed by atoms with Crippen LogP contribution in [0.3, 0.4) is 0 Å². The van der Waals surface area contributed by atoms with Gasteiger partial charge in [-0.3, -0.25) is 0 Å². The summed E-state index contributed by atoms with van der Waals surface area (Å²) < 4.78 is 15.6. The molecule has 0 N–H and O–H groups in total. The summed E-state index contributed by atoms with van der Waals surface area (Å²) >= 11 is 1.54. The Bertz CT molecular complexity index is 747. The minimum atomic E-state index is -0.414. The average Bonchev–Trinajstić information content (AvgIpc) is 3.23. The molecule has 1 aromatic carbocycles. The largest absolute Gasteiger partial charge is 0.497 e. The number of oxazole rings is 1. The Morgan fingerprint density at radius 1 is 1.27 bits per heavy atom. The zero-order valence-corrected chi connectivity index (χ0v) is 12.6. The van der Waals surface area contributed by atoms with Crippen molar-refractivity contribution in [2.75, 3.05) is 7.11 Å². The highest BCUT2D eigenvalue weighted by Crippen LogP contribution is 2.23. The molecular weight excluding hydrogens is 302 g/mol. The highest BCUT2D eigenvalue weighted by Gasteiger charge is 2.11. The van der Waals surface area contributed by atoms with E-state index in [1.165, 1.54) is 17.6 Å². The number of rotatable bonds is 5. The summed E-state index contributed by atoms with van der Waals surface area (Å²) in [5.74, 6) is 0.808. The van der Waals surface area contributed by atoms with Gasteiger partial charge in [0.2, 0.25) is 5.89 Å². The van der Waals surface area contributed by atoms with Crippen molar-refractivity contribution in [3.8, 4) is 16.5 Å². The predicted octanol–water partition coefficient (Wildman–Crippen LogP) is 3.77. The lowest BCUT2D eigenvalue weighted by molar-refractivity contribution is 0.0467. The van der Waals surface area contributed by atoms with Crippen LogP contribution in [-0.4, -0.2) is 18.1 Å². The molecule has 2 aromatic heterocycles. The van der Waals surface area contributed by atoms with Gasteiger partial charge in [0.25, 0.3) is 0 Å². The molecule has 22 heavy (non-hydrogen) atoms. The first-order valence-electron chi connectivity index (χ1n) is 6.56. The number of hydrogen-bond acceptors (Lipinski definition) is 6. The number of carbonyl (C=O) groups is 1. The number of aromatic nitrogens is 1. The van der Waals surface area contributed by atoms with Gasteiger partial charge in [-0.15, -0.1) is 11.3 Å². The zero-order valence-electron chi connectivity index (χ0n) is 11.8. The molecular formula is C16H13NO4S. The van der Waals surface area contributed by atoms with Crippen LogP contribution >= 0.6 is 11.3 Å². The summed E-state index contributed by atoms with van der Waals surface area (Å²) in [4.78, 5) is 17.2. The van der Waals surface area contributed by atoms with E-state index < -0.39 is 5.97 Å². The Labute approximate surface area is 131 Å². The number of hydrogen-bond donors (Lipinski definition) is 0. The van der Waals surface area contributed by atoms with Crippen LogP contribution in [0, 0.1) is 0 Å². The SMILES string of the molecule is COc1ccc(C(=O)OCc2coc(-c3cccs3)n2)cc1. The van der Waals surface area contributed by atoms with Gasteiger partial charge in [0.1, 0.15) is 24.3 Å². The Morgan fingerprint density at radius 2 is 2.09 bits per heavy atom. The van der Waals surface area contributed by atoms with Crippen LogP contribution in [0.2, 0.25) is 0 Å². The summed E-state index contributed by atoms with van der Waals surface area (Å²) in [6, 6.07) is 10.6. The van der Waals surface area contributed by atoms with Crippen LogP contribution in [0.15, 0.2) is 52.5 Å². The van der Waals surface area contributed by atoms with Crippen molar-refractivity contribution < 1.29 is 18.7 Å². The number of nitrogens with zero attached hydrogens (tertiary/aromatic N) is 1. The van der Waals surface area contributed by atoms with E-state index in [2.05, 4.69) is 4.98 Å². The molecule has 0 fully saturated rings. The highest BCUT2D eigenvalue weighted by atomic mass is 32.1. The number of carbonyl (C=O) groups excluding carboxylic acids is 1. The lowest BCUT2D eigenvalue weighted by Crippen LogP contribution is -2.05. The van der Waals surface area contributed by atoms with Gasteiger partial charge in [-0.05, 0) is 35.7 Å². The van der Waals surface area contributed by atoms with Gasteiger partial charge < -0.3 is 13.9 Å². The zero-order chi connectivity index (χ0) is 15.4. The Hall–Kier alpha value is -2.60. The summed E-state index contributed by atoms with van der Waals surface area (Å²) in [5.41, 5.74) is 1.04. The summed E-state index contributed by atoms with van der Waals surface area (Å²) in [7, 11) is 1.57. The number of benzene rings is 1. The van der Waals surface area contributed by atoms with Crippen molar-refractivity contribution in [2.45, 2.75) is 6.61 Å². The number of ether oxygens (including phenoxy) is 2. The van der Waals surface area contributed by atoms with Gasteiger partial charge in [-0.25, -0.2) is 9.78 Å². The van der Waals surface area contributed by atoms with Crippen LogP contribution < -0.4 is 4.74 Å². The molecule has 0 aliphatic rings. The molecule has 0 radical (unpaired) electrons. The molecule has 0 amide bonds. The molecule has 3 rings (SSSR count). The van der Waals surface area contributed by atoms with Gasteiger partial charge in [-0.1, -0.05) is 6.07 Å². The van der Waals surface area contributed by atoms with E-state index >= 15 is 0 Å². The highest BCUT2D eigenvalue weighted by molar-refractivity contribution is 7.13. The topological polar surface area (TPSA) is 61.6 Å². The molecule has 0 unspecified atom stereocenters. The number of methoxy groups -OCH3 is 1. The monoisotopic (exact) mass is 315 g/mol. The second-order valence-corrected chi connectivity index (χ2v) is 5.37. The number of thiophene rings is 1. The van der Waals surface area contributed by atoms with Gasteiger partial charge in [0, 0.05) is 0 Å². The van der Waals surface area contributed by atoms with Crippen molar-refractivity contribution in [1.29, 1.82) is 0 Å². The normalized spacial score (nSPS) is 10.4. The molecule has 6 heteroatoms. The van der Waals surface area contributed by atoms with E-state index in [0.717, 1.165) is 4.88 Å². The van der Waals surface area contributed by atoms with Crippen LogP contribution in [-0.2, 0) is 11.3 Å². The standard InChI is InChI=1S/C16H13NO4S/c1-19-13-6-4-11(5-7-13)16(18)21-10-12-9-20-15(17-12)14-3-2-8-22-14/h2-9H,10H2,1H3. The molecule has 3 aromatic rings. The van der Waals surface area contributed by atoms with Crippen LogP contribution in [0.4, 0.5) is 0 Å². The maximum atomic E-state index is 11.9. The molecule has 0 aliphatic carbocycles. The average molecular weight is 315 g/mol. The van der Waals surface area contributed by atoms with Crippen molar-refractivity contribution in [3.63, 3.8) is 0 Å². The van der Waals surface area contributed by atoms with Gasteiger partial charge in [0.15, 0.2) is 0 Å². The Balaban J connectivity index is 1.61. The molecule has 112 valence electrons. The Kier molecular flexibility index (Phi) is 4.20. The second kappa shape index (κ2) is 6.44. The lowest BCUT2D eigenvalue weighted by Gasteiger charge is -2.03. The minimum Gasteiger partial charge on any atom is -0.497 e. The van der Waals surface area contributed by atoms with E-state index in [9.17, 15) is 4.79 Å². The summed E-state index contributed by atoms with van der Waals surface area (Å²) in [6.45, 7) is 0.0692. The van der Waals surface area contributed by atoms with E-state index in [0.29, 0.717) is 22.9 Å². The first kappa shape index (κ1) is 14.3. The quantitative estimate of drug-likeness (QED) is 0.671. The maximum Gasteiger partial charge on any atom is 0.338 e. The molecule has 2 heterocycles. The van der Waals surface area contributed by atoms with E-state index in [4.69, 9.17) is 13.9 Å². The van der Waals surface area contributed by atoms with Gasteiger partial charge >= 0.3 is 5.97 Å². The fourth-order valence-electron chi connectivity index (χ4n) is 1.84. The van der Waals surface area contributed by atoms with Crippen molar-refractivity contribution in [2.24, 2.45) is 0 Å². The summed E-state index contributed by atoms with van der Waals surface area (Å²) in [5, 5.41) is 1.95. The molecule has 0 saturated heterocycles. The third-order valence-corrected chi connectivity index (χ3v) is 3.82. The molecule has 5 nitrogen and oxygen atoms in total. The Morgan fingerprint density at radius 3 is 2.77 bits per heavy atom. The van der Waals surface area contributed by atoms with E-state index in [1.807, 2.05) is 17.5 Å². The van der Waals surface area contributed by atoms with Crippen LogP contribution in [0.1, 0.15) is 16.1 Å². The van der Waals surface area contributed by atoms with Crippen molar-refractivity contribution >= 4 is 17.3 Å². The summed E-state index contributed by atoms with van der Waals surface area (Å²) in [6.07, 6.45) is 1.50. The van der Waals surface area contributed by atoms with Crippen LogP contribution in [0.5, 0.6) is 5.75 Å². The second-order valence-electron chi connectivity index (χ2n) is 4.43. The molecule has 0 saturated carbocycles. The lowest BCUT2D eigenvalue weighted by atomic mass is 10.2. The van der Waals surface area contributed by atoms with E-state index in [1.54, 1.807) is 31.4 Å². The molecule has 0 bridgehead atoms. The smallest absolute Gasteiger partial charge is 0.338 e.